The smallest absolute Gasteiger partial charge is 0.416 e. The summed E-state index contributed by atoms with van der Waals surface area (Å²) >= 11 is 0. The van der Waals surface area contributed by atoms with E-state index in [4.69, 9.17) is 4.74 Å². The van der Waals surface area contributed by atoms with Crippen molar-refractivity contribution in [3.63, 3.8) is 0 Å². The highest BCUT2D eigenvalue weighted by molar-refractivity contribution is 6.05. The normalized spacial score (nSPS) is 13.1. The number of aliphatic carboxylic acids is 1. The Morgan fingerprint density at radius 1 is 0.865 bits per heavy atom. The molecule has 0 unspecified atom stereocenters. The summed E-state index contributed by atoms with van der Waals surface area (Å²) in [5.74, 6) is -2.10. The number of hydrogen-bond donors (Lipinski definition) is 3. The number of amides is 1. The van der Waals surface area contributed by atoms with Gasteiger partial charge in [-0.05, 0) is 34.7 Å². The highest BCUT2D eigenvalue weighted by atomic mass is 19.4. The van der Waals surface area contributed by atoms with Crippen LogP contribution in [0.15, 0.2) is 91.0 Å². The van der Waals surface area contributed by atoms with E-state index in [0.29, 0.717) is 16.5 Å². The third-order valence-electron chi connectivity index (χ3n) is 5.80. The maximum Gasteiger partial charge on any atom is 0.416 e. The molecule has 0 aliphatic rings. The summed E-state index contributed by atoms with van der Waals surface area (Å²) in [5, 5.41) is 24.0. The van der Waals surface area contributed by atoms with Crippen LogP contribution in [0.25, 0.3) is 10.8 Å². The topological polar surface area (TPSA) is 95.9 Å². The van der Waals surface area contributed by atoms with Crippen molar-refractivity contribution < 1.29 is 37.7 Å². The lowest BCUT2D eigenvalue weighted by Crippen LogP contribution is -2.45. The molecule has 1 amide bonds. The second-order valence-corrected chi connectivity index (χ2v) is 8.29. The van der Waals surface area contributed by atoms with Crippen LogP contribution in [0.3, 0.4) is 0 Å². The number of carbonyl (C=O) groups excluding carboxylic acids is 1. The molecular weight excluding hydrogens is 487 g/mol. The predicted molar refractivity (Wildman–Crippen MR) is 130 cm³/mol. The highest BCUT2D eigenvalue weighted by Gasteiger charge is 2.31. The number of ether oxygens (including phenoxy) is 1. The maximum atomic E-state index is 13.2. The van der Waals surface area contributed by atoms with Gasteiger partial charge in [-0.15, -0.1) is 0 Å². The number of hydrogen-bond acceptors (Lipinski definition) is 4. The Bertz CT molecular complexity index is 1410. The Kier molecular flexibility index (Phi) is 7.45. The van der Waals surface area contributed by atoms with Gasteiger partial charge in [-0.2, -0.15) is 13.2 Å². The van der Waals surface area contributed by atoms with Gasteiger partial charge < -0.3 is 20.3 Å². The number of rotatable bonds is 8. The number of aliphatic hydroxyl groups excluding tert-OH is 1. The van der Waals surface area contributed by atoms with Gasteiger partial charge in [0.2, 0.25) is 0 Å². The van der Waals surface area contributed by atoms with Crippen molar-refractivity contribution in [1.29, 1.82) is 0 Å². The van der Waals surface area contributed by atoms with E-state index in [1.807, 2.05) is 0 Å². The molecule has 3 N–H and O–H groups in total. The van der Waals surface area contributed by atoms with Gasteiger partial charge in [0.15, 0.2) is 6.04 Å². The number of halogens is 3. The van der Waals surface area contributed by atoms with Crippen LogP contribution >= 0.6 is 0 Å². The minimum Gasteiger partial charge on any atom is -0.487 e. The van der Waals surface area contributed by atoms with E-state index in [1.54, 1.807) is 60.7 Å². The lowest BCUT2D eigenvalue weighted by molar-refractivity contribution is -0.142. The Labute approximate surface area is 209 Å². The molecule has 0 saturated carbocycles. The van der Waals surface area contributed by atoms with Gasteiger partial charge in [-0.3, -0.25) is 4.79 Å². The largest absolute Gasteiger partial charge is 0.487 e. The molecule has 0 heterocycles. The molecule has 0 bridgehead atoms. The molecule has 6 nitrogen and oxygen atoms in total. The van der Waals surface area contributed by atoms with Gasteiger partial charge in [-0.1, -0.05) is 72.8 Å². The Morgan fingerprint density at radius 2 is 1.51 bits per heavy atom. The van der Waals surface area contributed by atoms with Crippen LogP contribution in [0.5, 0.6) is 5.75 Å². The molecule has 2 atom stereocenters. The van der Waals surface area contributed by atoms with E-state index < -0.39 is 35.8 Å². The van der Waals surface area contributed by atoms with Gasteiger partial charge >= 0.3 is 12.1 Å². The fourth-order valence-corrected chi connectivity index (χ4v) is 3.86. The highest BCUT2D eigenvalue weighted by Crippen LogP contribution is 2.32. The third-order valence-corrected chi connectivity index (χ3v) is 5.80. The third kappa shape index (κ3) is 5.90. The summed E-state index contributed by atoms with van der Waals surface area (Å²) in [7, 11) is 0. The summed E-state index contributed by atoms with van der Waals surface area (Å²) in [6.07, 6.45) is -5.98. The standard InChI is InChI=1S/C28H22F3NO5/c29-28(30,31)20-13-10-17(11-14-20)16-37-25-21-9-5-4-6-18(21)12-15-22(25)26(34)32-23(27(35)36)24(33)19-7-2-1-3-8-19/h1-15,23-24,33H,16H2,(H,32,34)(H,35,36)/t23-,24+/m0/s1. The summed E-state index contributed by atoms with van der Waals surface area (Å²) in [5.41, 5.74) is -0.0296. The second-order valence-electron chi connectivity index (χ2n) is 8.29. The van der Waals surface area contributed by atoms with Crippen LogP contribution in [0.1, 0.15) is 33.2 Å². The van der Waals surface area contributed by atoms with Gasteiger partial charge in [-0.25, -0.2) is 4.79 Å². The zero-order valence-corrected chi connectivity index (χ0v) is 19.3. The SMILES string of the molecule is O=C(N[C@H](C(=O)O)[C@H](O)c1ccccc1)c1ccc2ccccc2c1OCc1ccc(C(F)(F)F)cc1. The molecule has 0 spiro atoms. The molecule has 4 aromatic rings. The van der Waals surface area contributed by atoms with Crippen LogP contribution < -0.4 is 10.1 Å². The van der Waals surface area contributed by atoms with Crippen molar-refractivity contribution in [2.75, 3.05) is 0 Å². The zero-order valence-electron chi connectivity index (χ0n) is 19.3. The fraction of sp³-hybridized carbons (Fsp3) is 0.143. The number of carbonyl (C=O) groups is 2. The van der Waals surface area contributed by atoms with Crippen LogP contribution in [0.4, 0.5) is 13.2 Å². The minimum absolute atomic E-state index is 0.0112. The van der Waals surface area contributed by atoms with Crippen LogP contribution in [0.2, 0.25) is 0 Å². The average molecular weight is 509 g/mol. The number of nitrogens with one attached hydrogen (secondary N) is 1. The number of fused-ring (bicyclic) bond motifs is 1. The Balaban J connectivity index is 1.63. The first kappa shape index (κ1) is 25.7. The van der Waals surface area contributed by atoms with Crippen LogP contribution in [0, 0.1) is 0 Å². The molecule has 9 heteroatoms. The van der Waals surface area contributed by atoms with E-state index in [1.165, 1.54) is 18.2 Å². The summed E-state index contributed by atoms with van der Waals surface area (Å²) in [4.78, 5) is 25.1. The molecule has 37 heavy (non-hydrogen) atoms. The molecule has 0 radical (unpaired) electrons. The molecule has 0 aliphatic carbocycles. The number of carboxylic acid groups (broad SMARTS) is 1. The van der Waals surface area contributed by atoms with E-state index in [2.05, 4.69) is 5.32 Å². The molecule has 0 aliphatic heterocycles. The number of alkyl halides is 3. The first-order chi connectivity index (χ1) is 17.6. The monoisotopic (exact) mass is 509 g/mol. The summed E-state index contributed by atoms with van der Waals surface area (Å²) < 4.78 is 44.6. The van der Waals surface area contributed by atoms with Crippen LogP contribution in [-0.4, -0.2) is 28.1 Å². The Hall–Kier alpha value is -4.37. The quantitative estimate of drug-likeness (QED) is 0.298. The maximum absolute atomic E-state index is 13.2. The van der Waals surface area contributed by atoms with Crippen molar-refractivity contribution in [2.24, 2.45) is 0 Å². The van der Waals surface area contributed by atoms with Crippen molar-refractivity contribution in [3.8, 4) is 5.75 Å². The van der Waals surface area contributed by atoms with E-state index in [0.717, 1.165) is 17.5 Å². The van der Waals surface area contributed by atoms with Gasteiger partial charge in [0.1, 0.15) is 18.5 Å². The van der Waals surface area contributed by atoms with Crippen molar-refractivity contribution in [1.82, 2.24) is 5.32 Å². The molecule has 0 fully saturated rings. The molecule has 4 aromatic carbocycles. The lowest BCUT2D eigenvalue weighted by Gasteiger charge is -2.22. The predicted octanol–water partition coefficient (Wildman–Crippen LogP) is 5.35. The molecule has 4 rings (SSSR count). The van der Waals surface area contributed by atoms with Crippen LogP contribution in [-0.2, 0) is 17.6 Å². The zero-order chi connectivity index (χ0) is 26.6. The number of aliphatic hydroxyl groups is 1. The summed E-state index contributed by atoms with van der Waals surface area (Å²) in [6.45, 7) is -0.137. The molecule has 0 saturated heterocycles. The number of benzene rings is 4. The number of carboxylic acids is 1. The first-order valence-electron chi connectivity index (χ1n) is 11.2. The van der Waals surface area contributed by atoms with Crippen molar-refractivity contribution in [3.05, 3.63) is 113 Å². The van der Waals surface area contributed by atoms with E-state index >= 15 is 0 Å². The van der Waals surface area contributed by atoms with Gasteiger partial charge in [0.25, 0.3) is 5.91 Å². The van der Waals surface area contributed by atoms with Crippen molar-refractivity contribution >= 4 is 22.6 Å². The minimum atomic E-state index is -4.47. The van der Waals surface area contributed by atoms with E-state index in [9.17, 15) is 33.0 Å². The fourth-order valence-electron chi connectivity index (χ4n) is 3.86. The molecule has 190 valence electrons. The lowest BCUT2D eigenvalue weighted by atomic mass is 10.0. The second kappa shape index (κ2) is 10.7. The van der Waals surface area contributed by atoms with E-state index in [-0.39, 0.29) is 17.9 Å². The molecule has 0 aromatic heterocycles. The average Bonchev–Trinajstić information content (AvgIpc) is 2.89. The summed E-state index contributed by atoms with van der Waals surface area (Å²) in [6, 6.07) is 21.0. The first-order valence-corrected chi connectivity index (χ1v) is 11.2. The molecular formula is C28H22F3NO5. The van der Waals surface area contributed by atoms with Gasteiger partial charge in [0, 0.05) is 5.39 Å². The Morgan fingerprint density at radius 3 is 2.16 bits per heavy atom. The van der Waals surface area contributed by atoms with Gasteiger partial charge in [0.05, 0.1) is 11.1 Å². The van der Waals surface area contributed by atoms with Crippen molar-refractivity contribution in [2.45, 2.75) is 24.9 Å².